The van der Waals surface area contributed by atoms with Crippen molar-refractivity contribution >= 4 is 49.3 Å². The summed E-state index contributed by atoms with van der Waals surface area (Å²) in [6, 6.07) is 5.54. The van der Waals surface area contributed by atoms with E-state index in [1.54, 1.807) is 6.92 Å². The van der Waals surface area contributed by atoms with Crippen molar-refractivity contribution < 1.29 is 37.0 Å². The summed E-state index contributed by atoms with van der Waals surface area (Å²) in [7, 11) is -4.05. The van der Waals surface area contributed by atoms with Gasteiger partial charge in [0.1, 0.15) is 17.3 Å². The third-order valence-electron chi connectivity index (χ3n) is 5.69. The molecule has 14 heteroatoms. The van der Waals surface area contributed by atoms with Gasteiger partial charge in [0.2, 0.25) is 5.91 Å². The first kappa shape index (κ1) is 29.6. The summed E-state index contributed by atoms with van der Waals surface area (Å²) in [6.07, 6.45) is -0.465. The fraction of sp³-hybridized carbons (Fsp3) is 0.583. The largest absolute Gasteiger partial charge is 0.494 e. The van der Waals surface area contributed by atoms with Crippen LogP contribution in [0.25, 0.3) is 10.2 Å². The lowest BCUT2D eigenvalue weighted by atomic mass is 10.3. The standard InChI is InChI=1S/C24H34N4O8S2/c1-4-34-14-13-28-19-8-7-18(35-5-2)15-20(19)37-23(28)25-21(29)16-38(32,33)17-22(30)26-9-11-27(12-10-26)24(31)36-6-3/h7-8,15H,4-6,9-14,16-17H2,1-3H3. The van der Waals surface area contributed by atoms with Gasteiger partial charge in [0.05, 0.1) is 30.0 Å². The molecule has 0 atom stereocenters. The molecule has 1 aliphatic rings. The van der Waals surface area contributed by atoms with Gasteiger partial charge in [-0.3, -0.25) is 9.59 Å². The Bertz CT molecular complexity index is 1310. The van der Waals surface area contributed by atoms with Crippen LogP contribution in [-0.4, -0.2) is 105 Å². The van der Waals surface area contributed by atoms with Crippen molar-refractivity contribution in [1.29, 1.82) is 0 Å². The van der Waals surface area contributed by atoms with Gasteiger partial charge in [0, 0.05) is 39.3 Å². The van der Waals surface area contributed by atoms with E-state index in [-0.39, 0.29) is 32.8 Å². The van der Waals surface area contributed by atoms with Crippen LogP contribution in [0.4, 0.5) is 4.79 Å². The molecule has 0 spiro atoms. The summed E-state index contributed by atoms with van der Waals surface area (Å²) in [5, 5.41) is 0. The van der Waals surface area contributed by atoms with E-state index in [1.165, 1.54) is 21.1 Å². The van der Waals surface area contributed by atoms with Crippen molar-refractivity contribution in [2.24, 2.45) is 4.99 Å². The molecule has 2 aromatic rings. The molecule has 2 heterocycles. The van der Waals surface area contributed by atoms with Gasteiger partial charge in [0.25, 0.3) is 5.91 Å². The summed E-state index contributed by atoms with van der Waals surface area (Å²) in [6.45, 7) is 8.46. The van der Waals surface area contributed by atoms with E-state index in [1.807, 2.05) is 36.6 Å². The number of hydrogen-bond acceptors (Lipinski definition) is 9. The van der Waals surface area contributed by atoms with Crippen molar-refractivity contribution in [1.82, 2.24) is 14.4 Å². The van der Waals surface area contributed by atoms with Crippen LogP contribution in [0.15, 0.2) is 23.2 Å². The molecule has 0 unspecified atom stereocenters. The third-order valence-corrected chi connectivity index (χ3v) is 8.11. The average Bonchev–Trinajstić information content (AvgIpc) is 3.19. The zero-order valence-corrected chi connectivity index (χ0v) is 23.5. The number of nitrogens with zero attached hydrogens (tertiary/aromatic N) is 4. The van der Waals surface area contributed by atoms with E-state index in [4.69, 9.17) is 14.2 Å². The Kier molecular flexibility index (Phi) is 10.7. The van der Waals surface area contributed by atoms with Gasteiger partial charge in [-0.2, -0.15) is 4.99 Å². The van der Waals surface area contributed by atoms with E-state index >= 15 is 0 Å². The Morgan fingerprint density at radius 1 is 0.974 bits per heavy atom. The van der Waals surface area contributed by atoms with Crippen molar-refractivity contribution in [2.45, 2.75) is 27.3 Å². The number of amides is 3. The first-order chi connectivity index (χ1) is 18.2. The van der Waals surface area contributed by atoms with Crippen LogP contribution in [0.5, 0.6) is 5.75 Å². The minimum absolute atomic E-state index is 0.191. The van der Waals surface area contributed by atoms with Gasteiger partial charge >= 0.3 is 6.09 Å². The zero-order chi connectivity index (χ0) is 27.7. The Hall–Kier alpha value is -2.97. The lowest BCUT2D eigenvalue weighted by Crippen LogP contribution is -2.52. The normalized spacial score (nSPS) is 14.7. The van der Waals surface area contributed by atoms with Gasteiger partial charge in [-0.25, -0.2) is 13.2 Å². The molecule has 38 heavy (non-hydrogen) atoms. The Labute approximate surface area is 225 Å². The molecule has 0 bridgehead atoms. The van der Waals surface area contributed by atoms with Crippen LogP contribution in [0, 0.1) is 0 Å². The van der Waals surface area contributed by atoms with Crippen molar-refractivity contribution in [3.8, 4) is 5.75 Å². The topological polar surface area (TPSA) is 137 Å². The number of aromatic nitrogens is 1. The zero-order valence-electron chi connectivity index (χ0n) is 21.9. The van der Waals surface area contributed by atoms with Crippen LogP contribution in [0.3, 0.4) is 0 Å². The van der Waals surface area contributed by atoms with E-state index < -0.39 is 39.3 Å². The summed E-state index contributed by atoms with van der Waals surface area (Å²) < 4.78 is 44.0. The van der Waals surface area contributed by atoms with Crippen LogP contribution in [-0.2, 0) is 35.4 Å². The number of carbonyl (C=O) groups excluding carboxylic acids is 3. The van der Waals surface area contributed by atoms with E-state index in [2.05, 4.69) is 4.99 Å². The predicted octanol–water partition coefficient (Wildman–Crippen LogP) is 1.28. The van der Waals surface area contributed by atoms with Crippen LogP contribution in [0.2, 0.25) is 0 Å². The molecule has 0 N–H and O–H groups in total. The number of ether oxygens (including phenoxy) is 3. The Morgan fingerprint density at radius 3 is 2.34 bits per heavy atom. The minimum Gasteiger partial charge on any atom is -0.494 e. The Morgan fingerprint density at radius 2 is 1.68 bits per heavy atom. The molecule has 0 aliphatic carbocycles. The second kappa shape index (κ2) is 13.7. The number of sulfone groups is 1. The number of piperazine rings is 1. The fourth-order valence-electron chi connectivity index (χ4n) is 3.92. The maximum Gasteiger partial charge on any atom is 0.409 e. The summed E-state index contributed by atoms with van der Waals surface area (Å²) in [4.78, 5) is 44.4. The smallest absolute Gasteiger partial charge is 0.409 e. The average molecular weight is 571 g/mol. The molecule has 3 rings (SSSR count). The lowest BCUT2D eigenvalue weighted by molar-refractivity contribution is -0.130. The number of benzene rings is 1. The molecule has 12 nitrogen and oxygen atoms in total. The Balaban J connectivity index is 1.70. The van der Waals surface area contributed by atoms with Crippen molar-refractivity contribution in [3.05, 3.63) is 23.0 Å². The van der Waals surface area contributed by atoms with Crippen molar-refractivity contribution in [3.63, 3.8) is 0 Å². The second-order valence-electron chi connectivity index (χ2n) is 8.40. The minimum atomic E-state index is -4.05. The number of thiazole rings is 1. The SMILES string of the molecule is CCOCCn1c(=NC(=O)CS(=O)(=O)CC(=O)N2CCN(C(=O)OCC)CC2)sc2cc(OCC)ccc21. The molecule has 0 saturated carbocycles. The monoisotopic (exact) mass is 570 g/mol. The maximum atomic E-state index is 12.7. The number of fused-ring (bicyclic) bond motifs is 1. The summed E-state index contributed by atoms with van der Waals surface area (Å²) in [5.74, 6) is -2.47. The molecule has 3 amide bonds. The predicted molar refractivity (Wildman–Crippen MR) is 142 cm³/mol. The highest BCUT2D eigenvalue weighted by molar-refractivity contribution is 7.92. The molecule has 210 valence electrons. The van der Waals surface area contributed by atoms with Gasteiger partial charge in [-0.1, -0.05) is 11.3 Å². The molecular formula is C24H34N4O8S2. The fourth-order valence-corrected chi connectivity index (χ4v) is 6.13. The third kappa shape index (κ3) is 8.01. The highest BCUT2D eigenvalue weighted by Crippen LogP contribution is 2.23. The lowest BCUT2D eigenvalue weighted by Gasteiger charge is -2.34. The molecule has 1 saturated heterocycles. The van der Waals surface area contributed by atoms with Crippen LogP contribution in [0.1, 0.15) is 20.8 Å². The quantitative estimate of drug-likeness (QED) is 0.369. The highest BCUT2D eigenvalue weighted by Gasteiger charge is 2.28. The molecule has 1 aromatic heterocycles. The molecule has 1 aromatic carbocycles. The number of rotatable bonds is 11. The van der Waals surface area contributed by atoms with Gasteiger partial charge < -0.3 is 28.6 Å². The summed E-state index contributed by atoms with van der Waals surface area (Å²) in [5.41, 5.74) is 0.824. The molecule has 1 fully saturated rings. The van der Waals surface area contributed by atoms with Crippen LogP contribution >= 0.6 is 11.3 Å². The first-order valence-electron chi connectivity index (χ1n) is 12.5. The first-order valence-corrected chi connectivity index (χ1v) is 15.1. The number of carbonyl (C=O) groups is 3. The van der Waals surface area contributed by atoms with E-state index in [0.717, 1.165) is 10.2 Å². The summed E-state index contributed by atoms with van der Waals surface area (Å²) >= 11 is 1.25. The van der Waals surface area contributed by atoms with Gasteiger partial charge in [-0.05, 0) is 39.0 Å². The van der Waals surface area contributed by atoms with Crippen molar-refractivity contribution in [2.75, 3.05) is 64.1 Å². The molecule has 1 aliphatic heterocycles. The maximum absolute atomic E-state index is 12.7. The van der Waals surface area contributed by atoms with E-state index in [9.17, 15) is 22.8 Å². The van der Waals surface area contributed by atoms with Crippen LogP contribution < -0.4 is 9.54 Å². The molecular weight excluding hydrogens is 536 g/mol. The van der Waals surface area contributed by atoms with Gasteiger partial charge in [-0.15, -0.1) is 0 Å². The highest BCUT2D eigenvalue weighted by atomic mass is 32.2. The van der Waals surface area contributed by atoms with Gasteiger partial charge in [0.15, 0.2) is 14.6 Å². The van der Waals surface area contributed by atoms with E-state index in [0.29, 0.717) is 36.9 Å². The second-order valence-corrected chi connectivity index (χ2v) is 11.5. The molecule has 0 radical (unpaired) electrons. The number of hydrogen-bond donors (Lipinski definition) is 0.